The van der Waals surface area contributed by atoms with Crippen molar-refractivity contribution in [1.82, 2.24) is 14.3 Å². The summed E-state index contributed by atoms with van der Waals surface area (Å²) in [5, 5.41) is 12.1. The minimum atomic E-state index is -0.280. The molecule has 28 heavy (non-hydrogen) atoms. The van der Waals surface area contributed by atoms with Crippen LogP contribution in [0.25, 0.3) is 11.7 Å². The molecule has 2 fully saturated rings. The summed E-state index contributed by atoms with van der Waals surface area (Å²) in [6, 6.07) is 5.43. The largest absolute Gasteiger partial charge is 0.395 e. The Morgan fingerprint density at radius 3 is 2.86 bits per heavy atom. The van der Waals surface area contributed by atoms with Crippen LogP contribution < -0.4 is 10.9 Å². The normalized spacial score (nSPS) is 19.3. The number of aliphatic hydroxyl groups is 1. The van der Waals surface area contributed by atoms with Crippen molar-refractivity contribution in [1.29, 1.82) is 0 Å². The van der Waals surface area contributed by atoms with Crippen LogP contribution in [0.2, 0.25) is 0 Å². The fourth-order valence-electron chi connectivity index (χ4n) is 3.63. The molecular formula is C19H20N4O3S2. The van der Waals surface area contributed by atoms with Crippen LogP contribution in [0.15, 0.2) is 34.1 Å². The third kappa shape index (κ3) is 3.45. The van der Waals surface area contributed by atoms with Gasteiger partial charge < -0.3 is 10.4 Å². The van der Waals surface area contributed by atoms with Crippen molar-refractivity contribution in [3.63, 3.8) is 0 Å². The summed E-state index contributed by atoms with van der Waals surface area (Å²) >= 11 is 6.67. The first-order valence-electron chi connectivity index (χ1n) is 9.23. The highest BCUT2D eigenvalue weighted by Gasteiger charge is 2.38. The molecule has 1 aliphatic heterocycles. The van der Waals surface area contributed by atoms with E-state index in [-0.39, 0.29) is 36.2 Å². The van der Waals surface area contributed by atoms with Gasteiger partial charge in [0.05, 0.1) is 17.1 Å². The lowest BCUT2D eigenvalue weighted by Crippen LogP contribution is -2.36. The van der Waals surface area contributed by atoms with Gasteiger partial charge in [-0.3, -0.25) is 18.9 Å². The summed E-state index contributed by atoms with van der Waals surface area (Å²) in [6.45, 7) is 0.151. The lowest BCUT2D eigenvalue weighted by atomic mass is 10.2. The highest BCUT2D eigenvalue weighted by Crippen LogP contribution is 2.38. The Labute approximate surface area is 171 Å². The fourth-order valence-corrected chi connectivity index (χ4v) is 5.01. The summed E-state index contributed by atoms with van der Waals surface area (Å²) in [5.74, 6) is 0.198. The van der Waals surface area contributed by atoms with Gasteiger partial charge in [-0.15, -0.1) is 0 Å². The van der Waals surface area contributed by atoms with Crippen LogP contribution in [0.1, 0.15) is 31.2 Å². The van der Waals surface area contributed by atoms with Crippen LogP contribution in [-0.4, -0.2) is 48.8 Å². The number of carbonyl (C=O) groups is 1. The number of fused-ring (bicyclic) bond motifs is 1. The Morgan fingerprint density at radius 1 is 1.32 bits per heavy atom. The first-order chi connectivity index (χ1) is 13.6. The molecule has 0 atom stereocenters. The van der Waals surface area contributed by atoms with E-state index in [1.807, 2.05) is 0 Å². The highest BCUT2D eigenvalue weighted by atomic mass is 32.2. The molecule has 9 heteroatoms. The topological polar surface area (TPSA) is 86.9 Å². The number of nitrogens with one attached hydrogen (secondary N) is 1. The van der Waals surface area contributed by atoms with Crippen LogP contribution in [0.5, 0.6) is 0 Å². The first-order valence-corrected chi connectivity index (χ1v) is 10.5. The van der Waals surface area contributed by atoms with Crippen molar-refractivity contribution < 1.29 is 9.90 Å². The average molecular weight is 417 g/mol. The average Bonchev–Trinajstić information content (AvgIpc) is 3.30. The van der Waals surface area contributed by atoms with Crippen LogP contribution in [0.4, 0.5) is 5.82 Å². The van der Waals surface area contributed by atoms with Crippen molar-refractivity contribution in [2.24, 2.45) is 0 Å². The SMILES string of the molecule is O=C1C(=Cc2c(NCCO)nc3ccccn3c2=O)SC(=S)N1C1CCCC1. The number of thioether (sulfide) groups is 1. The van der Waals surface area contributed by atoms with Crippen LogP contribution in [0.3, 0.4) is 0 Å². The summed E-state index contributed by atoms with van der Waals surface area (Å²) < 4.78 is 1.98. The molecule has 1 aliphatic carbocycles. The zero-order valence-electron chi connectivity index (χ0n) is 15.1. The van der Waals surface area contributed by atoms with E-state index >= 15 is 0 Å². The van der Waals surface area contributed by atoms with E-state index in [1.54, 1.807) is 35.4 Å². The number of carbonyl (C=O) groups excluding carboxylic acids is 1. The second-order valence-electron chi connectivity index (χ2n) is 6.75. The number of hydrogen-bond donors (Lipinski definition) is 2. The zero-order valence-corrected chi connectivity index (χ0v) is 16.8. The first kappa shape index (κ1) is 19.1. The van der Waals surface area contributed by atoms with Crippen molar-refractivity contribution in [2.45, 2.75) is 31.7 Å². The van der Waals surface area contributed by atoms with E-state index in [4.69, 9.17) is 17.3 Å². The van der Waals surface area contributed by atoms with Crippen molar-refractivity contribution in [3.05, 3.63) is 45.2 Å². The maximum Gasteiger partial charge on any atom is 0.267 e. The number of amides is 1. The number of anilines is 1. The predicted molar refractivity (Wildman–Crippen MR) is 114 cm³/mol. The lowest BCUT2D eigenvalue weighted by Gasteiger charge is -2.21. The number of thiocarbonyl (C=S) groups is 1. The third-order valence-electron chi connectivity index (χ3n) is 4.96. The maximum atomic E-state index is 13.0. The standard InChI is InChI=1S/C19H20N4O3S2/c24-10-8-20-16-13(17(25)22-9-4-3-7-15(22)21-16)11-14-18(26)23(19(27)28-14)12-5-1-2-6-12/h3-4,7,9,11-12,20,24H,1-2,5-6,8,10H2. The number of aliphatic hydroxyl groups excluding tert-OH is 1. The van der Waals surface area contributed by atoms with E-state index in [0.717, 1.165) is 25.7 Å². The predicted octanol–water partition coefficient (Wildman–Crippen LogP) is 2.24. The summed E-state index contributed by atoms with van der Waals surface area (Å²) in [5.41, 5.74) is 0.491. The van der Waals surface area contributed by atoms with Gasteiger partial charge in [-0.25, -0.2) is 4.98 Å². The molecule has 0 unspecified atom stereocenters. The van der Waals surface area contributed by atoms with E-state index in [1.165, 1.54) is 16.2 Å². The number of hydrogen-bond acceptors (Lipinski definition) is 7. The second-order valence-corrected chi connectivity index (χ2v) is 8.42. The Kier molecular flexibility index (Phi) is 5.47. The maximum absolute atomic E-state index is 13.0. The van der Waals surface area contributed by atoms with Gasteiger partial charge in [-0.1, -0.05) is 42.9 Å². The Morgan fingerprint density at radius 2 is 2.11 bits per heavy atom. The molecular weight excluding hydrogens is 396 g/mol. The quantitative estimate of drug-likeness (QED) is 0.571. The van der Waals surface area contributed by atoms with Gasteiger partial charge in [0.2, 0.25) is 0 Å². The molecule has 0 spiro atoms. The van der Waals surface area contributed by atoms with E-state index < -0.39 is 0 Å². The molecule has 0 radical (unpaired) electrons. The van der Waals surface area contributed by atoms with Gasteiger partial charge in [0, 0.05) is 18.8 Å². The number of nitrogens with zero attached hydrogens (tertiary/aromatic N) is 3. The van der Waals surface area contributed by atoms with Crippen LogP contribution in [0, 0.1) is 0 Å². The highest BCUT2D eigenvalue weighted by molar-refractivity contribution is 8.26. The molecule has 1 amide bonds. The monoisotopic (exact) mass is 416 g/mol. The minimum Gasteiger partial charge on any atom is -0.395 e. The molecule has 7 nitrogen and oxygen atoms in total. The summed E-state index contributed by atoms with van der Waals surface area (Å²) in [6.07, 6.45) is 7.34. The number of aromatic nitrogens is 2. The van der Waals surface area contributed by atoms with Crippen molar-refractivity contribution in [3.8, 4) is 0 Å². The second kappa shape index (κ2) is 8.02. The van der Waals surface area contributed by atoms with Gasteiger partial charge >= 0.3 is 0 Å². The van der Waals surface area contributed by atoms with E-state index in [0.29, 0.717) is 20.7 Å². The minimum absolute atomic E-state index is 0.0981. The molecule has 2 N–H and O–H groups in total. The molecule has 146 valence electrons. The Hall–Kier alpha value is -2.23. The van der Waals surface area contributed by atoms with Gasteiger partial charge in [-0.05, 0) is 31.1 Å². The molecule has 2 aromatic rings. The third-order valence-corrected chi connectivity index (χ3v) is 6.29. The fraction of sp³-hybridized carbons (Fsp3) is 0.368. The summed E-state index contributed by atoms with van der Waals surface area (Å²) in [7, 11) is 0. The Balaban J connectivity index is 1.77. The number of rotatable bonds is 5. The van der Waals surface area contributed by atoms with Gasteiger partial charge in [0.15, 0.2) is 0 Å². The smallest absolute Gasteiger partial charge is 0.267 e. The molecule has 0 aromatic carbocycles. The molecule has 2 aromatic heterocycles. The lowest BCUT2D eigenvalue weighted by molar-refractivity contribution is -0.123. The van der Waals surface area contributed by atoms with Crippen molar-refractivity contribution >= 4 is 51.7 Å². The molecule has 1 saturated heterocycles. The van der Waals surface area contributed by atoms with E-state index in [9.17, 15) is 9.59 Å². The van der Waals surface area contributed by atoms with Gasteiger partial charge in [0.25, 0.3) is 11.5 Å². The van der Waals surface area contributed by atoms with Gasteiger partial charge in [-0.2, -0.15) is 0 Å². The van der Waals surface area contributed by atoms with Crippen LogP contribution in [-0.2, 0) is 4.79 Å². The Bertz CT molecular complexity index is 1030. The molecule has 1 saturated carbocycles. The van der Waals surface area contributed by atoms with E-state index in [2.05, 4.69) is 10.3 Å². The van der Waals surface area contributed by atoms with Crippen LogP contribution >= 0.6 is 24.0 Å². The summed E-state index contributed by atoms with van der Waals surface area (Å²) in [4.78, 5) is 32.6. The number of pyridine rings is 1. The zero-order chi connectivity index (χ0) is 19.7. The molecule has 4 rings (SSSR count). The molecule has 0 bridgehead atoms. The molecule has 2 aliphatic rings. The molecule has 3 heterocycles. The van der Waals surface area contributed by atoms with Gasteiger partial charge in [0.1, 0.15) is 15.8 Å². The van der Waals surface area contributed by atoms with Crippen molar-refractivity contribution in [2.75, 3.05) is 18.5 Å².